The lowest BCUT2D eigenvalue weighted by Crippen LogP contribution is -2.21. The first-order valence-electron chi connectivity index (χ1n) is 9.33. The van der Waals surface area contributed by atoms with Crippen LogP contribution in [0.4, 0.5) is 5.69 Å². The van der Waals surface area contributed by atoms with Crippen LogP contribution in [0.5, 0.6) is 0 Å². The molecule has 0 radical (unpaired) electrons. The fourth-order valence-electron chi connectivity index (χ4n) is 2.89. The number of nitrogens with zero attached hydrogens (tertiary/aromatic N) is 3. The number of carbonyl (C=O) groups is 1. The van der Waals surface area contributed by atoms with Crippen LogP contribution in [-0.4, -0.2) is 30.2 Å². The highest BCUT2D eigenvalue weighted by Crippen LogP contribution is 2.27. The molecule has 0 unspecified atom stereocenters. The van der Waals surface area contributed by atoms with Crippen LogP contribution in [0.3, 0.4) is 0 Å². The maximum Gasteiger partial charge on any atom is 0.291 e. The lowest BCUT2D eigenvalue weighted by atomic mass is 10.2. The summed E-state index contributed by atoms with van der Waals surface area (Å²) in [5.74, 6) is -0.299. The average Bonchev–Trinajstić information content (AvgIpc) is 3.12. The van der Waals surface area contributed by atoms with Crippen molar-refractivity contribution in [3.05, 3.63) is 70.7 Å². The molecule has 28 heavy (non-hydrogen) atoms. The predicted molar refractivity (Wildman–Crippen MR) is 117 cm³/mol. The highest BCUT2D eigenvalue weighted by Gasteiger charge is 2.15. The number of nitrogens with one attached hydrogen (secondary N) is 1. The topological polar surface area (TPSA) is 57.6 Å². The molecule has 0 atom stereocenters. The van der Waals surface area contributed by atoms with Gasteiger partial charge in [-0.05, 0) is 38.5 Å². The first kappa shape index (κ1) is 19.8. The Balaban J connectivity index is 1.65. The normalized spacial score (nSPS) is 11.0. The molecule has 0 saturated carbocycles. The Morgan fingerprint density at radius 3 is 2.43 bits per heavy atom. The molecule has 1 N–H and O–H groups in total. The Morgan fingerprint density at radius 1 is 1.11 bits per heavy atom. The maximum atomic E-state index is 12.4. The molecule has 144 valence electrons. The number of benzene rings is 2. The molecule has 1 amide bonds. The van der Waals surface area contributed by atoms with Crippen molar-refractivity contribution in [2.24, 2.45) is 5.10 Å². The summed E-state index contributed by atoms with van der Waals surface area (Å²) in [5, 5.41) is 4.91. The Bertz CT molecular complexity index is 944. The largest absolute Gasteiger partial charge is 0.372 e. The summed E-state index contributed by atoms with van der Waals surface area (Å²) in [6.07, 6.45) is 1.64. The van der Waals surface area contributed by atoms with Crippen LogP contribution in [0.15, 0.2) is 59.7 Å². The highest BCUT2D eigenvalue weighted by molar-refractivity contribution is 7.15. The van der Waals surface area contributed by atoms with Crippen LogP contribution < -0.4 is 10.3 Å². The molecule has 0 aliphatic heterocycles. The number of aryl methyl sites for hydroxylation is 1. The molecule has 0 bridgehead atoms. The second-order valence-corrected chi connectivity index (χ2v) is 7.46. The number of hydrazone groups is 1. The van der Waals surface area contributed by atoms with Gasteiger partial charge in [0.1, 0.15) is 10.7 Å². The van der Waals surface area contributed by atoms with Gasteiger partial charge in [-0.15, -0.1) is 11.3 Å². The standard InChI is InChI=1S/C22H24N4OS/c1-4-26(5-2)19-13-11-17(12-14-19)15-23-25-21(27)20-16(3)28-22(24-20)18-9-7-6-8-10-18/h6-15H,4-5H2,1-3H3,(H,25,27)/b23-15-. The lowest BCUT2D eigenvalue weighted by molar-refractivity contribution is 0.0950. The molecular weight excluding hydrogens is 368 g/mol. The number of amides is 1. The van der Waals surface area contributed by atoms with Crippen LogP contribution in [-0.2, 0) is 0 Å². The highest BCUT2D eigenvalue weighted by atomic mass is 32.1. The van der Waals surface area contributed by atoms with Gasteiger partial charge < -0.3 is 4.90 Å². The van der Waals surface area contributed by atoms with Crippen LogP contribution in [0.25, 0.3) is 10.6 Å². The lowest BCUT2D eigenvalue weighted by Gasteiger charge is -2.20. The van der Waals surface area contributed by atoms with Crippen LogP contribution in [0.1, 0.15) is 34.8 Å². The molecule has 0 saturated heterocycles. The van der Waals surface area contributed by atoms with Gasteiger partial charge in [-0.2, -0.15) is 5.10 Å². The van der Waals surface area contributed by atoms with Crippen molar-refractivity contribution in [1.82, 2.24) is 10.4 Å². The number of thiazole rings is 1. The van der Waals surface area contributed by atoms with Gasteiger partial charge in [0.25, 0.3) is 5.91 Å². The van der Waals surface area contributed by atoms with Crippen LogP contribution in [0, 0.1) is 6.92 Å². The van der Waals surface area contributed by atoms with Crippen LogP contribution >= 0.6 is 11.3 Å². The zero-order valence-corrected chi connectivity index (χ0v) is 17.2. The van der Waals surface area contributed by atoms with E-state index >= 15 is 0 Å². The summed E-state index contributed by atoms with van der Waals surface area (Å²) in [5.41, 5.74) is 6.10. The number of hydrogen-bond acceptors (Lipinski definition) is 5. The fourth-order valence-corrected chi connectivity index (χ4v) is 3.81. The van der Waals surface area contributed by atoms with E-state index in [1.165, 1.54) is 17.0 Å². The van der Waals surface area contributed by atoms with E-state index in [4.69, 9.17) is 0 Å². The third-order valence-corrected chi connectivity index (χ3v) is 5.45. The number of rotatable bonds is 7. The third-order valence-electron chi connectivity index (χ3n) is 4.43. The molecule has 5 nitrogen and oxygen atoms in total. The first-order valence-corrected chi connectivity index (χ1v) is 10.1. The Morgan fingerprint density at radius 2 is 1.79 bits per heavy atom. The monoisotopic (exact) mass is 392 g/mol. The van der Waals surface area contributed by atoms with E-state index in [9.17, 15) is 4.79 Å². The maximum absolute atomic E-state index is 12.4. The van der Waals surface area contributed by atoms with Crippen molar-refractivity contribution in [3.8, 4) is 10.6 Å². The zero-order valence-electron chi connectivity index (χ0n) is 16.3. The first-order chi connectivity index (χ1) is 13.6. The van der Waals surface area contributed by atoms with E-state index in [1.54, 1.807) is 6.21 Å². The van der Waals surface area contributed by atoms with E-state index in [0.29, 0.717) is 5.69 Å². The minimum Gasteiger partial charge on any atom is -0.372 e. The Hall–Kier alpha value is -2.99. The molecule has 6 heteroatoms. The van der Waals surface area contributed by atoms with Gasteiger partial charge >= 0.3 is 0 Å². The van der Waals surface area contributed by atoms with Gasteiger partial charge in [-0.25, -0.2) is 10.4 Å². The van der Waals surface area contributed by atoms with E-state index in [0.717, 1.165) is 34.1 Å². The molecule has 2 aromatic carbocycles. The van der Waals surface area contributed by atoms with Gasteiger partial charge in [0.2, 0.25) is 0 Å². The summed E-state index contributed by atoms with van der Waals surface area (Å²) >= 11 is 1.51. The van der Waals surface area contributed by atoms with E-state index < -0.39 is 0 Å². The van der Waals surface area contributed by atoms with Crippen molar-refractivity contribution in [3.63, 3.8) is 0 Å². The molecule has 0 fully saturated rings. The zero-order chi connectivity index (χ0) is 19.9. The molecule has 1 aromatic heterocycles. The van der Waals surface area contributed by atoms with E-state index in [-0.39, 0.29) is 5.91 Å². The SMILES string of the molecule is CCN(CC)c1ccc(/C=N\NC(=O)c2nc(-c3ccccc3)sc2C)cc1. The number of hydrogen-bond donors (Lipinski definition) is 1. The minimum absolute atomic E-state index is 0.299. The van der Waals surface area contributed by atoms with Crippen molar-refractivity contribution in [2.75, 3.05) is 18.0 Å². The number of aromatic nitrogens is 1. The summed E-state index contributed by atoms with van der Waals surface area (Å²) < 4.78 is 0. The molecule has 1 heterocycles. The average molecular weight is 393 g/mol. The summed E-state index contributed by atoms with van der Waals surface area (Å²) in [6.45, 7) is 8.11. The Labute approximate surface area is 169 Å². The molecule has 0 aliphatic rings. The molecule has 3 aromatic rings. The van der Waals surface area contributed by atoms with Crippen LogP contribution in [0.2, 0.25) is 0 Å². The number of carbonyl (C=O) groups excluding carboxylic acids is 1. The second-order valence-electron chi connectivity index (χ2n) is 6.25. The van der Waals surface area contributed by atoms with Gasteiger partial charge in [0.15, 0.2) is 0 Å². The summed E-state index contributed by atoms with van der Waals surface area (Å²) in [6, 6.07) is 18.0. The summed E-state index contributed by atoms with van der Waals surface area (Å²) in [4.78, 5) is 20.1. The van der Waals surface area contributed by atoms with Crippen molar-refractivity contribution >= 4 is 29.1 Å². The predicted octanol–water partition coefficient (Wildman–Crippen LogP) is 4.73. The summed E-state index contributed by atoms with van der Waals surface area (Å²) in [7, 11) is 0. The van der Waals surface area contributed by atoms with Crippen molar-refractivity contribution < 1.29 is 4.79 Å². The van der Waals surface area contributed by atoms with Crippen molar-refractivity contribution in [2.45, 2.75) is 20.8 Å². The van der Waals surface area contributed by atoms with E-state index in [1.807, 2.05) is 49.4 Å². The van der Waals surface area contributed by atoms with Gasteiger partial charge in [0.05, 0.1) is 6.21 Å². The fraction of sp³-hybridized carbons (Fsp3) is 0.227. The molecular formula is C22H24N4OS. The second kappa shape index (κ2) is 9.28. The smallest absolute Gasteiger partial charge is 0.291 e. The van der Waals surface area contributed by atoms with Gasteiger partial charge in [-0.1, -0.05) is 42.5 Å². The molecule has 0 aliphatic carbocycles. The third kappa shape index (κ3) is 4.64. The van der Waals surface area contributed by atoms with Crippen molar-refractivity contribution in [1.29, 1.82) is 0 Å². The minimum atomic E-state index is -0.299. The van der Waals surface area contributed by atoms with E-state index in [2.05, 4.69) is 46.4 Å². The van der Waals surface area contributed by atoms with Gasteiger partial charge in [-0.3, -0.25) is 4.79 Å². The quantitative estimate of drug-likeness (QED) is 0.467. The molecule has 3 rings (SSSR count). The van der Waals surface area contributed by atoms with Gasteiger partial charge in [0, 0.05) is 29.2 Å². The number of anilines is 1. The Kier molecular flexibility index (Phi) is 6.55. The molecule has 0 spiro atoms.